The molecule has 1 aliphatic carbocycles. The van der Waals surface area contributed by atoms with Gasteiger partial charge in [0.05, 0.1) is 6.10 Å². The molecule has 0 atom stereocenters. The Bertz CT molecular complexity index is 547. The zero-order valence-electron chi connectivity index (χ0n) is 16.0. The van der Waals surface area contributed by atoms with Gasteiger partial charge in [-0.25, -0.2) is 4.79 Å². The molecule has 0 unspecified atom stereocenters. The van der Waals surface area contributed by atoms with Gasteiger partial charge in [-0.15, -0.1) is 0 Å². The van der Waals surface area contributed by atoms with Gasteiger partial charge in [0, 0.05) is 12.2 Å². The van der Waals surface area contributed by atoms with E-state index >= 15 is 0 Å². The minimum atomic E-state index is -0.120. The van der Waals surface area contributed by atoms with E-state index in [9.17, 15) is 4.79 Å². The molecule has 2 aliphatic rings. The molecular weight excluding hydrogens is 326 g/mol. The molecule has 1 heterocycles. The summed E-state index contributed by atoms with van der Waals surface area (Å²) >= 11 is 0. The van der Waals surface area contributed by atoms with E-state index in [0.29, 0.717) is 12.0 Å². The van der Waals surface area contributed by atoms with Crippen molar-refractivity contribution < 1.29 is 9.53 Å². The molecule has 5 nitrogen and oxygen atoms in total. The first-order valence-corrected chi connectivity index (χ1v) is 10.3. The van der Waals surface area contributed by atoms with E-state index in [-0.39, 0.29) is 6.03 Å². The fourth-order valence-corrected chi connectivity index (χ4v) is 3.96. The Balaban J connectivity index is 1.35. The van der Waals surface area contributed by atoms with E-state index in [4.69, 9.17) is 4.74 Å². The molecule has 0 bridgehead atoms. The van der Waals surface area contributed by atoms with Crippen molar-refractivity contribution in [2.75, 3.05) is 31.5 Å². The molecule has 3 rings (SSSR count). The minimum absolute atomic E-state index is 0.120. The van der Waals surface area contributed by atoms with Crippen molar-refractivity contribution in [3.05, 3.63) is 24.3 Å². The molecule has 2 fully saturated rings. The van der Waals surface area contributed by atoms with Crippen molar-refractivity contribution in [2.24, 2.45) is 5.92 Å². The number of carbonyl (C=O) groups excluding carboxylic acids is 1. The average Bonchev–Trinajstić information content (AvgIpc) is 3.16. The van der Waals surface area contributed by atoms with E-state index in [0.717, 1.165) is 43.9 Å². The van der Waals surface area contributed by atoms with Gasteiger partial charge in [0.1, 0.15) is 5.75 Å². The summed E-state index contributed by atoms with van der Waals surface area (Å²) in [5.74, 6) is 1.48. The van der Waals surface area contributed by atoms with Crippen LogP contribution < -0.4 is 15.4 Å². The van der Waals surface area contributed by atoms with Crippen LogP contribution in [0, 0.1) is 5.92 Å². The van der Waals surface area contributed by atoms with Crippen molar-refractivity contribution in [3.8, 4) is 5.75 Å². The van der Waals surface area contributed by atoms with Crippen LogP contribution in [0.1, 0.15) is 51.9 Å². The van der Waals surface area contributed by atoms with Crippen LogP contribution in [-0.4, -0.2) is 43.2 Å². The lowest BCUT2D eigenvalue weighted by Crippen LogP contribution is -2.39. The number of hydrogen-bond donors (Lipinski definition) is 2. The number of carbonyl (C=O) groups is 1. The number of piperidine rings is 1. The highest BCUT2D eigenvalue weighted by Crippen LogP contribution is 2.25. The highest BCUT2D eigenvalue weighted by molar-refractivity contribution is 5.89. The van der Waals surface area contributed by atoms with Crippen LogP contribution in [0.2, 0.25) is 0 Å². The number of nitrogens with one attached hydrogen (secondary N) is 2. The van der Waals surface area contributed by atoms with Crippen molar-refractivity contribution >= 4 is 11.7 Å². The number of urea groups is 1. The second-order valence-electron chi connectivity index (χ2n) is 7.67. The Morgan fingerprint density at radius 2 is 1.81 bits per heavy atom. The van der Waals surface area contributed by atoms with Crippen molar-refractivity contribution in [3.63, 3.8) is 0 Å². The Morgan fingerprint density at radius 3 is 2.46 bits per heavy atom. The zero-order chi connectivity index (χ0) is 18.2. The predicted octanol–water partition coefficient (Wildman–Crippen LogP) is 4.25. The van der Waals surface area contributed by atoms with Gasteiger partial charge in [0.15, 0.2) is 0 Å². The maximum atomic E-state index is 12.1. The quantitative estimate of drug-likeness (QED) is 0.765. The number of nitrogens with zero attached hydrogens (tertiary/aromatic N) is 1. The first-order chi connectivity index (χ1) is 12.7. The average molecular weight is 360 g/mol. The molecule has 1 saturated carbocycles. The summed E-state index contributed by atoms with van der Waals surface area (Å²) in [6.07, 6.45) is 8.77. The molecule has 144 valence electrons. The third-order valence-electron chi connectivity index (χ3n) is 5.52. The van der Waals surface area contributed by atoms with Gasteiger partial charge in [-0.3, -0.25) is 0 Å². The smallest absolute Gasteiger partial charge is 0.319 e. The van der Waals surface area contributed by atoms with Crippen LogP contribution in [0.5, 0.6) is 5.75 Å². The van der Waals surface area contributed by atoms with Crippen molar-refractivity contribution in [2.45, 2.75) is 58.0 Å². The summed E-state index contributed by atoms with van der Waals surface area (Å²) in [4.78, 5) is 14.6. The molecule has 0 radical (unpaired) electrons. The maximum absolute atomic E-state index is 12.1. The van der Waals surface area contributed by atoms with Crippen LogP contribution in [0.25, 0.3) is 0 Å². The summed E-state index contributed by atoms with van der Waals surface area (Å²) < 4.78 is 5.96. The summed E-state index contributed by atoms with van der Waals surface area (Å²) in [5.41, 5.74) is 0.805. The van der Waals surface area contributed by atoms with E-state index in [1.54, 1.807) is 0 Å². The molecule has 0 aromatic heterocycles. The molecule has 0 spiro atoms. The molecule has 2 N–H and O–H groups in total. The van der Waals surface area contributed by atoms with Gasteiger partial charge in [-0.05, 0) is 94.8 Å². The first kappa shape index (κ1) is 19.0. The second kappa shape index (κ2) is 9.81. The normalized spacial score (nSPS) is 19.4. The third kappa shape index (κ3) is 5.90. The number of rotatable bonds is 7. The molecule has 2 amide bonds. The first-order valence-electron chi connectivity index (χ1n) is 10.3. The van der Waals surface area contributed by atoms with E-state index in [2.05, 4.69) is 22.5 Å². The standard InChI is InChI=1S/C21H33N3O2/c1-2-13-24-14-11-17(12-15-24)16-22-21(25)23-18-7-9-20(10-8-18)26-19-5-3-4-6-19/h7-10,17,19H,2-6,11-16H2,1H3,(H2,22,23,25). The van der Waals surface area contributed by atoms with Crippen LogP contribution in [0.3, 0.4) is 0 Å². The van der Waals surface area contributed by atoms with Crippen LogP contribution in [0.15, 0.2) is 24.3 Å². The molecule has 1 aliphatic heterocycles. The van der Waals surface area contributed by atoms with Gasteiger partial charge >= 0.3 is 6.03 Å². The van der Waals surface area contributed by atoms with Gasteiger partial charge in [-0.1, -0.05) is 6.92 Å². The van der Waals surface area contributed by atoms with Crippen LogP contribution >= 0.6 is 0 Å². The Hall–Kier alpha value is -1.75. The number of hydrogen-bond acceptors (Lipinski definition) is 3. The zero-order valence-corrected chi connectivity index (χ0v) is 16.0. The van der Waals surface area contributed by atoms with E-state index < -0.39 is 0 Å². The third-order valence-corrected chi connectivity index (χ3v) is 5.52. The lowest BCUT2D eigenvalue weighted by atomic mass is 9.97. The van der Waals surface area contributed by atoms with Crippen molar-refractivity contribution in [1.82, 2.24) is 10.2 Å². The van der Waals surface area contributed by atoms with E-state index in [1.807, 2.05) is 24.3 Å². The highest BCUT2D eigenvalue weighted by Gasteiger charge is 2.19. The molecule has 1 saturated heterocycles. The Kier molecular flexibility index (Phi) is 7.18. The molecule has 1 aromatic carbocycles. The topological polar surface area (TPSA) is 53.6 Å². The number of likely N-dealkylation sites (tertiary alicyclic amines) is 1. The van der Waals surface area contributed by atoms with Gasteiger partial charge < -0.3 is 20.3 Å². The SMILES string of the molecule is CCCN1CCC(CNC(=O)Nc2ccc(OC3CCCC3)cc2)CC1. The van der Waals surface area contributed by atoms with Crippen LogP contribution in [0.4, 0.5) is 10.5 Å². The van der Waals surface area contributed by atoms with Crippen LogP contribution in [-0.2, 0) is 0 Å². The Labute approximate surface area is 157 Å². The highest BCUT2D eigenvalue weighted by atomic mass is 16.5. The monoisotopic (exact) mass is 359 g/mol. The lowest BCUT2D eigenvalue weighted by Gasteiger charge is -2.31. The molecule has 26 heavy (non-hydrogen) atoms. The fourth-order valence-electron chi connectivity index (χ4n) is 3.96. The van der Waals surface area contributed by atoms with E-state index in [1.165, 1.54) is 38.6 Å². The predicted molar refractivity (Wildman–Crippen MR) is 106 cm³/mol. The number of ether oxygens (including phenoxy) is 1. The second-order valence-corrected chi connectivity index (χ2v) is 7.67. The summed E-state index contributed by atoms with van der Waals surface area (Å²) in [7, 11) is 0. The summed E-state index contributed by atoms with van der Waals surface area (Å²) in [6.45, 7) is 6.50. The van der Waals surface area contributed by atoms with Gasteiger partial charge in [0.25, 0.3) is 0 Å². The molecule has 1 aromatic rings. The Morgan fingerprint density at radius 1 is 1.12 bits per heavy atom. The number of anilines is 1. The summed E-state index contributed by atoms with van der Waals surface area (Å²) in [6, 6.07) is 7.58. The molecular formula is C21H33N3O2. The van der Waals surface area contributed by atoms with Gasteiger partial charge in [-0.2, -0.15) is 0 Å². The fraction of sp³-hybridized carbons (Fsp3) is 0.667. The largest absolute Gasteiger partial charge is 0.490 e. The summed E-state index contributed by atoms with van der Waals surface area (Å²) in [5, 5.41) is 5.94. The number of benzene rings is 1. The lowest BCUT2D eigenvalue weighted by molar-refractivity contribution is 0.182. The molecule has 5 heteroatoms. The minimum Gasteiger partial charge on any atom is -0.490 e. The van der Waals surface area contributed by atoms with Gasteiger partial charge in [0.2, 0.25) is 0 Å². The van der Waals surface area contributed by atoms with Crippen molar-refractivity contribution in [1.29, 1.82) is 0 Å². The maximum Gasteiger partial charge on any atom is 0.319 e. The number of amides is 2.